The van der Waals surface area contributed by atoms with Gasteiger partial charge < -0.3 is 16.0 Å². The average Bonchev–Trinajstić information content (AvgIpc) is 3.53. The van der Waals surface area contributed by atoms with E-state index in [4.69, 9.17) is 0 Å². The Kier molecular flexibility index (Phi) is 4.86. The first-order valence-corrected chi connectivity index (χ1v) is 8.78. The third kappa shape index (κ3) is 4.55. The van der Waals surface area contributed by atoms with Crippen LogP contribution in [0, 0.1) is 5.92 Å². The van der Waals surface area contributed by atoms with Gasteiger partial charge >= 0.3 is 0 Å². The molecule has 0 bridgehead atoms. The van der Waals surface area contributed by atoms with Gasteiger partial charge in [-0.15, -0.1) is 0 Å². The summed E-state index contributed by atoms with van der Waals surface area (Å²) < 4.78 is 0. The summed E-state index contributed by atoms with van der Waals surface area (Å²) in [5.74, 6) is 1.31. The van der Waals surface area contributed by atoms with Gasteiger partial charge in [0.05, 0.1) is 6.20 Å². The molecule has 0 spiro atoms. The van der Waals surface area contributed by atoms with E-state index in [9.17, 15) is 4.79 Å². The fraction of sp³-hybridized carbons (Fsp3) is 0.211. The van der Waals surface area contributed by atoms with Crippen molar-refractivity contribution >= 4 is 29.0 Å². The Bertz CT molecular complexity index is 928. The molecule has 2 heterocycles. The van der Waals surface area contributed by atoms with E-state index in [0.29, 0.717) is 23.4 Å². The molecule has 1 fully saturated rings. The van der Waals surface area contributed by atoms with Gasteiger partial charge in [0.25, 0.3) is 5.91 Å². The minimum Gasteiger partial charge on any atom is -0.368 e. The normalized spacial score (nSPS) is 13.0. The van der Waals surface area contributed by atoms with Crippen LogP contribution < -0.4 is 16.0 Å². The molecule has 1 aliphatic carbocycles. The van der Waals surface area contributed by atoms with E-state index in [0.717, 1.165) is 12.2 Å². The monoisotopic (exact) mass is 361 g/mol. The summed E-state index contributed by atoms with van der Waals surface area (Å²) in [6.07, 6.45) is 7.04. The van der Waals surface area contributed by atoms with Gasteiger partial charge in [-0.05, 0) is 37.0 Å². The molecule has 2 aromatic heterocycles. The molecule has 27 heavy (non-hydrogen) atoms. The maximum absolute atomic E-state index is 12.6. The molecule has 0 radical (unpaired) electrons. The van der Waals surface area contributed by atoms with Gasteiger partial charge in [-0.2, -0.15) is 0 Å². The van der Waals surface area contributed by atoms with Gasteiger partial charge in [0, 0.05) is 18.4 Å². The van der Waals surface area contributed by atoms with Gasteiger partial charge in [-0.3, -0.25) is 4.79 Å². The molecule has 8 nitrogen and oxygen atoms in total. The molecule has 1 aliphatic rings. The highest BCUT2D eigenvalue weighted by atomic mass is 16.1. The number of amides is 1. The molecule has 136 valence electrons. The predicted octanol–water partition coefficient (Wildman–Crippen LogP) is 3.08. The number of carbonyl (C=O) groups excluding carboxylic acids is 1. The van der Waals surface area contributed by atoms with Crippen molar-refractivity contribution in [1.82, 2.24) is 19.9 Å². The fourth-order valence-electron chi connectivity index (χ4n) is 2.51. The second-order valence-corrected chi connectivity index (χ2v) is 6.32. The SMILES string of the molecule is O=C(Nc1cncnc1NCC1CC1)c1ccnc(Nc2ccccc2)n1. The Morgan fingerprint density at radius 2 is 1.96 bits per heavy atom. The molecule has 0 atom stereocenters. The van der Waals surface area contributed by atoms with Crippen LogP contribution in [0.3, 0.4) is 0 Å². The molecular weight excluding hydrogens is 342 g/mol. The number of hydrogen-bond donors (Lipinski definition) is 3. The number of para-hydroxylation sites is 1. The van der Waals surface area contributed by atoms with Crippen LogP contribution in [0.5, 0.6) is 0 Å². The second kappa shape index (κ2) is 7.77. The molecule has 0 saturated heterocycles. The van der Waals surface area contributed by atoms with E-state index in [-0.39, 0.29) is 11.6 Å². The quantitative estimate of drug-likeness (QED) is 0.594. The van der Waals surface area contributed by atoms with Crippen LogP contribution in [0.25, 0.3) is 0 Å². The van der Waals surface area contributed by atoms with Crippen molar-refractivity contribution in [1.29, 1.82) is 0 Å². The minimum absolute atomic E-state index is 0.250. The van der Waals surface area contributed by atoms with Crippen molar-refractivity contribution in [3.8, 4) is 0 Å². The Morgan fingerprint density at radius 3 is 2.78 bits per heavy atom. The molecular formula is C19H19N7O. The number of benzene rings is 1. The number of rotatable bonds is 7. The smallest absolute Gasteiger partial charge is 0.274 e. The van der Waals surface area contributed by atoms with E-state index in [2.05, 4.69) is 35.9 Å². The summed E-state index contributed by atoms with van der Waals surface area (Å²) in [4.78, 5) is 29.3. The first kappa shape index (κ1) is 16.9. The molecule has 3 N–H and O–H groups in total. The highest BCUT2D eigenvalue weighted by Gasteiger charge is 2.21. The predicted molar refractivity (Wildman–Crippen MR) is 103 cm³/mol. The van der Waals surface area contributed by atoms with Gasteiger partial charge in [-0.1, -0.05) is 18.2 Å². The molecule has 0 aliphatic heterocycles. The van der Waals surface area contributed by atoms with E-state index >= 15 is 0 Å². The van der Waals surface area contributed by atoms with E-state index < -0.39 is 0 Å². The van der Waals surface area contributed by atoms with Crippen LogP contribution in [-0.2, 0) is 0 Å². The summed E-state index contributed by atoms with van der Waals surface area (Å²) in [5, 5.41) is 9.16. The van der Waals surface area contributed by atoms with Gasteiger partial charge in [0.2, 0.25) is 5.95 Å². The maximum Gasteiger partial charge on any atom is 0.274 e. The standard InChI is InChI=1S/C19H19N7O/c27-18(25-16-11-20-12-23-17(16)22-10-13-6-7-13)15-8-9-21-19(26-15)24-14-4-2-1-3-5-14/h1-5,8-9,11-13H,6-7,10H2,(H,25,27)(H,20,22,23)(H,21,24,26). The van der Waals surface area contributed by atoms with Crippen molar-refractivity contribution in [3.05, 3.63) is 60.8 Å². The lowest BCUT2D eigenvalue weighted by atomic mass is 10.3. The Balaban J connectivity index is 1.46. The lowest BCUT2D eigenvalue weighted by Crippen LogP contribution is -2.17. The largest absolute Gasteiger partial charge is 0.368 e. The zero-order valence-electron chi connectivity index (χ0n) is 14.6. The number of nitrogens with one attached hydrogen (secondary N) is 3. The topological polar surface area (TPSA) is 105 Å². The number of nitrogens with zero attached hydrogens (tertiary/aromatic N) is 4. The lowest BCUT2D eigenvalue weighted by Gasteiger charge is -2.11. The lowest BCUT2D eigenvalue weighted by molar-refractivity contribution is 0.102. The number of hydrogen-bond acceptors (Lipinski definition) is 7. The summed E-state index contributed by atoms with van der Waals surface area (Å²) in [6.45, 7) is 0.846. The zero-order valence-corrected chi connectivity index (χ0v) is 14.6. The molecule has 3 aromatic rings. The van der Waals surface area contributed by atoms with Crippen molar-refractivity contribution in [2.24, 2.45) is 5.92 Å². The van der Waals surface area contributed by atoms with Crippen LogP contribution >= 0.6 is 0 Å². The van der Waals surface area contributed by atoms with Crippen molar-refractivity contribution in [2.45, 2.75) is 12.8 Å². The second-order valence-electron chi connectivity index (χ2n) is 6.32. The molecule has 1 aromatic carbocycles. The van der Waals surface area contributed by atoms with Crippen molar-refractivity contribution < 1.29 is 4.79 Å². The van der Waals surface area contributed by atoms with Crippen LogP contribution in [0.15, 0.2) is 55.1 Å². The van der Waals surface area contributed by atoms with E-state index in [1.807, 2.05) is 30.3 Å². The van der Waals surface area contributed by atoms with Gasteiger partial charge in [-0.25, -0.2) is 19.9 Å². The summed E-state index contributed by atoms with van der Waals surface area (Å²) in [7, 11) is 0. The minimum atomic E-state index is -0.349. The van der Waals surface area contributed by atoms with Crippen molar-refractivity contribution in [3.63, 3.8) is 0 Å². The Labute approximate surface area is 156 Å². The molecule has 1 amide bonds. The van der Waals surface area contributed by atoms with Gasteiger partial charge in [0.1, 0.15) is 17.7 Å². The third-order valence-corrected chi connectivity index (χ3v) is 4.13. The summed E-state index contributed by atoms with van der Waals surface area (Å²) in [6, 6.07) is 11.1. The van der Waals surface area contributed by atoms with Crippen LogP contribution in [0.1, 0.15) is 23.3 Å². The Morgan fingerprint density at radius 1 is 1.11 bits per heavy atom. The average molecular weight is 361 g/mol. The first-order valence-electron chi connectivity index (χ1n) is 8.78. The van der Waals surface area contributed by atoms with Gasteiger partial charge in [0.15, 0.2) is 5.82 Å². The molecule has 1 saturated carbocycles. The summed E-state index contributed by atoms with van der Waals surface area (Å²) >= 11 is 0. The summed E-state index contributed by atoms with van der Waals surface area (Å²) in [5.41, 5.74) is 1.62. The number of anilines is 4. The Hall–Kier alpha value is -3.55. The highest BCUT2D eigenvalue weighted by Crippen LogP contribution is 2.29. The first-order chi connectivity index (χ1) is 13.3. The number of aromatic nitrogens is 4. The maximum atomic E-state index is 12.6. The molecule has 4 rings (SSSR count). The molecule has 0 unspecified atom stereocenters. The third-order valence-electron chi connectivity index (χ3n) is 4.13. The van der Waals surface area contributed by atoms with Crippen LogP contribution in [-0.4, -0.2) is 32.4 Å². The molecule has 8 heteroatoms. The van der Waals surface area contributed by atoms with Crippen LogP contribution in [0.4, 0.5) is 23.1 Å². The number of carbonyl (C=O) groups is 1. The van der Waals surface area contributed by atoms with E-state index in [1.54, 1.807) is 18.5 Å². The fourth-order valence-corrected chi connectivity index (χ4v) is 2.51. The van der Waals surface area contributed by atoms with Crippen LogP contribution in [0.2, 0.25) is 0 Å². The van der Waals surface area contributed by atoms with E-state index in [1.165, 1.54) is 19.2 Å². The highest BCUT2D eigenvalue weighted by molar-refractivity contribution is 6.04. The zero-order chi connectivity index (χ0) is 18.5. The van der Waals surface area contributed by atoms with Crippen molar-refractivity contribution in [2.75, 3.05) is 22.5 Å².